The zero-order valence-corrected chi connectivity index (χ0v) is 18.6. The summed E-state index contributed by atoms with van der Waals surface area (Å²) in [6.45, 7) is 8.44. The summed E-state index contributed by atoms with van der Waals surface area (Å²) < 4.78 is 6.11. The molecule has 2 N–H and O–H groups in total. The van der Waals surface area contributed by atoms with Crippen molar-refractivity contribution in [2.75, 3.05) is 10.7 Å². The number of nitrogens with one attached hydrogen (secondary N) is 2. The summed E-state index contributed by atoms with van der Waals surface area (Å²) in [5.74, 6) is 0.952. The molecule has 0 radical (unpaired) electrons. The molecule has 0 atom stereocenters. The van der Waals surface area contributed by atoms with Crippen LogP contribution in [0.15, 0.2) is 64.1 Å². The number of nitrogens with zero attached hydrogens (tertiary/aromatic N) is 1. The van der Waals surface area contributed by atoms with E-state index in [-0.39, 0.29) is 11.3 Å². The lowest BCUT2D eigenvalue weighted by atomic mass is 9.75. The van der Waals surface area contributed by atoms with E-state index in [4.69, 9.17) is 9.52 Å². The molecule has 0 saturated heterocycles. The highest BCUT2D eigenvalue weighted by Crippen LogP contribution is 2.39. The summed E-state index contributed by atoms with van der Waals surface area (Å²) in [6.07, 6.45) is 2.54. The standard InChI is InChI=1S/C26H29N3O2/c1-5-18-11-13-19(14-12-18)27-25(30)24-17(2)23-21(15-26(3,4)16-22(23)31-24)29-28-20-9-7-6-8-10-20/h6-14,28H,5,15-16H2,1-4H3,(H,27,30)/b29-21-. The molecule has 3 aromatic rings. The van der Waals surface area contributed by atoms with Crippen molar-refractivity contribution >= 4 is 23.0 Å². The minimum Gasteiger partial charge on any atom is -0.455 e. The molecule has 0 aliphatic heterocycles. The first-order valence-corrected chi connectivity index (χ1v) is 10.8. The third kappa shape index (κ3) is 4.55. The SMILES string of the molecule is CCc1ccc(NC(=O)c2oc3c(c2C)/C(=N\Nc2ccccc2)CC(C)(C)C3)cc1. The van der Waals surface area contributed by atoms with E-state index in [1.54, 1.807) is 0 Å². The van der Waals surface area contributed by atoms with Crippen LogP contribution >= 0.6 is 0 Å². The lowest BCUT2D eigenvalue weighted by Crippen LogP contribution is -2.27. The topological polar surface area (TPSA) is 66.6 Å². The van der Waals surface area contributed by atoms with E-state index >= 15 is 0 Å². The Kier molecular flexibility index (Phi) is 5.68. The Bertz CT molecular complexity index is 1110. The first kappa shape index (κ1) is 20.9. The highest BCUT2D eigenvalue weighted by Gasteiger charge is 2.36. The predicted molar refractivity (Wildman–Crippen MR) is 126 cm³/mol. The highest BCUT2D eigenvalue weighted by atomic mass is 16.4. The molecular formula is C26H29N3O2. The van der Waals surface area contributed by atoms with Gasteiger partial charge in [-0.2, -0.15) is 5.10 Å². The summed E-state index contributed by atoms with van der Waals surface area (Å²) in [4.78, 5) is 13.0. The monoisotopic (exact) mass is 415 g/mol. The number of hydrazone groups is 1. The Morgan fingerprint density at radius 1 is 1.03 bits per heavy atom. The summed E-state index contributed by atoms with van der Waals surface area (Å²) in [6, 6.07) is 17.8. The number of fused-ring (bicyclic) bond motifs is 1. The van der Waals surface area contributed by atoms with Crippen LogP contribution in [-0.2, 0) is 12.8 Å². The molecule has 1 aliphatic carbocycles. The summed E-state index contributed by atoms with van der Waals surface area (Å²) in [7, 11) is 0. The Morgan fingerprint density at radius 3 is 2.42 bits per heavy atom. The molecule has 0 saturated carbocycles. The van der Waals surface area contributed by atoms with Gasteiger partial charge in [0.2, 0.25) is 0 Å². The third-order valence-corrected chi connectivity index (χ3v) is 5.71. The van der Waals surface area contributed by atoms with Gasteiger partial charge in [-0.1, -0.05) is 51.1 Å². The van der Waals surface area contributed by atoms with Crippen LogP contribution in [0.1, 0.15) is 60.2 Å². The van der Waals surface area contributed by atoms with Crippen molar-refractivity contribution in [3.8, 4) is 0 Å². The van der Waals surface area contributed by atoms with Gasteiger partial charge in [-0.15, -0.1) is 0 Å². The van der Waals surface area contributed by atoms with Crippen molar-refractivity contribution in [2.24, 2.45) is 10.5 Å². The molecule has 1 aliphatic rings. The molecule has 160 valence electrons. The van der Waals surface area contributed by atoms with Gasteiger partial charge in [0.05, 0.1) is 11.4 Å². The van der Waals surface area contributed by atoms with Crippen LogP contribution in [0.3, 0.4) is 0 Å². The number of furan rings is 1. The van der Waals surface area contributed by atoms with Crippen LogP contribution in [0, 0.1) is 12.3 Å². The van der Waals surface area contributed by atoms with E-state index in [1.165, 1.54) is 5.56 Å². The zero-order valence-electron chi connectivity index (χ0n) is 18.6. The fraction of sp³-hybridized carbons (Fsp3) is 0.308. The maximum Gasteiger partial charge on any atom is 0.291 e. The van der Waals surface area contributed by atoms with Gasteiger partial charge in [0.1, 0.15) is 5.76 Å². The fourth-order valence-corrected chi connectivity index (χ4v) is 4.08. The number of carbonyl (C=O) groups excluding carboxylic acids is 1. The van der Waals surface area contributed by atoms with Crippen LogP contribution in [0.2, 0.25) is 0 Å². The normalized spacial score (nSPS) is 16.1. The van der Waals surface area contributed by atoms with Gasteiger partial charge in [0, 0.05) is 23.2 Å². The number of carbonyl (C=O) groups is 1. The number of hydrogen-bond donors (Lipinski definition) is 2. The summed E-state index contributed by atoms with van der Waals surface area (Å²) in [5, 5.41) is 7.67. The maximum atomic E-state index is 13.0. The van der Waals surface area contributed by atoms with Crippen molar-refractivity contribution in [2.45, 2.75) is 47.0 Å². The van der Waals surface area contributed by atoms with Crippen molar-refractivity contribution in [3.05, 3.63) is 82.8 Å². The largest absolute Gasteiger partial charge is 0.455 e. The molecule has 1 aromatic heterocycles. The minimum atomic E-state index is -0.232. The molecular weight excluding hydrogens is 386 g/mol. The Balaban J connectivity index is 1.63. The van der Waals surface area contributed by atoms with E-state index < -0.39 is 0 Å². The van der Waals surface area contributed by atoms with Crippen molar-refractivity contribution in [3.63, 3.8) is 0 Å². The number of amides is 1. The van der Waals surface area contributed by atoms with Crippen molar-refractivity contribution in [1.29, 1.82) is 0 Å². The van der Waals surface area contributed by atoms with Crippen molar-refractivity contribution in [1.82, 2.24) is 0 Å². The number of anilines is 2. The van der Waals surface area contributed by atoms with Gasteiger partial charge < -0.3 is 9.73 Å². The molecule has 2 aromatic carbocycles. The average Bonchev–Trinajstić information content (AvgIpc) is 3.08. The number of para-hydroxylation sites is 1. The van der Waals surface area contributed by atoms with E-state index in [9.17, 15) is 4.79 Å². The second-order valence-corrected chi connectivity index (χ2v) is 8.91. The number of rotatable bonds is 5. The van der Waals surface area contributed by atoms with Gasteiger partial charge in [-0.3, -0.25) is 10.2 Å². The molecule has 5 nitrogen and oxygen atoms in total. The minimum absolute atomic E-state index is 0.00176. The first-order chi connectivity index (χ1) is 14.9. The van der Waals surface area contributed by atoms with Gasteiger partial charge >= 0.3 is 0 Å². The molecule has 0 fully saturated rings. The Morgan fingerprint density at radius 2 is 1.74 bits per heavy atom. The number of hydrogen-bond acceptors (Lipinski definition) is 4. The van der Waals surface area contributed by atoms with E-state index in [1.807, 2.05) is 61.5 Å². The molecule has 4 rings (SSSR count). The number of aryl methyl sites for hydroxylation is 1. The van der Waals surface area contributed by atoms with E-state index in [0.717, 1.165) is 53.2 Å². The summed E-state index contributed by atoms with van der Waals surface area (Å²) in [5.41, 5.74) is 8.78. The lowest BCUT2D eigenvalue weighted by molar-refractivity contribution is 0.0993. The second-order valence-electron chi connectivity index (χ2n) is 8.91. The summed E-state index contributed by atoms with van der Waals surface area (Å²) >= 11 is 0. The molecule has 1 heterocycles. The average molecular weight is 416 g/mol. The third-order valence-electron chi connectivity index (χ3n) is 5.71. The lowest BCUT2D eigenvalue weighted by Gasteiger charge is -2.29. The van der Waals surface area contributed by atoms with Crippen LogP contribution in [0.4, 0.5) is 11.4 Å². The van der Waals surface area contributed by atoms with Crippen LogP contribution in [0.25, 0.3) is 0 Å². The van der Waals surface area contributed by atoms with E-state index in [0.29, 0.717) is 5.76 Å². The molecule has 5 heteroatoms. The molecule has 0 bridgehead atoms. The quantitative estimate of drug-likeness (QED) is 0.488. The molecule has 0 spiro atoms. The molecule has 1 amide bonds. The molecule has 0 unspecified atom stereocenters. The van der Waals surface area contributed by atoms with Gasteiger partial charge in [0.25, 0.3) is 5.91 Å². The number of benzene rings is 2. The first-order valence-electron chi connectivity index (χ1n) is 10.8. The zero-order chi connectivity index (χ0) is 22.0. The van der Waals surface area contributed by atoms with E-state index in [2.05, 4.69) is 31.5 Å². The maximum absolute atomic E-state index is 13.0. The van der Waals surface area contributed by atoms with Crippen molar-refractivity contribution < 1.29 is 9.21 Å². The van der Waals surface area contributed by atoms with Gasteiger partial charge in [-0.25, -0.2) is 0 Å². The van der Waals surface area contributed by atoms with Gasteiger partial charge in [0.15, 0.2) is 5.76 Å². The Labute approximate surface area is 183 Å². The van der Waals surface area contributed by atoms with Gasteiger partial charge in [-0.05, 0) is 55.0 Å². The molecule has 31 heavy (non-hydrogen) atoms. The van der Waals surface area contributed by atoms with Crippen LogP contribution < -0.4 is 10.7 Å². The highest BCUT2D eigenvalue weighted by molar-refractivity contribution is 6.09. The smallest absolute Gasteiger partial charge is 0.291 e. The predicted octanol–water partition coefficient (Wildman–Crippen LogP) is 6.19. The fourth-order valence-electron chi connectivity index (χ4n) is 4.08. The van der Waals surface area contributed by atoms with Crippen LogP contribution in [-0.4, -0.2) is 11.6 Å². The Hall–Kier alpha value is -3.34. The van der Waals surface area contributed by atoms with Crippen LogP contribution in [0.5, 0.6) is 0 Å². The second kappa shape index (κ2) is 8.42.